The van der Waals surface area contributed by atoms with Crippen LogP contribution >= 0.6 is 0 Å². The quantitative estimate of drug-likeness (QED) is 0.825. The van der Waals surface area contributed by atoms with Crippen molar-refractivity contribution in [3.05, 3.63) is 35.4 Å². The smallest absolute Gasteiger partial charge is 0.224 e. The molecule has 17 heavy (non-hydrogen) atoms. The highest BCUT2D eigenvalue weighted by atomic mass is 16.2. The minimum absolute atomic E-state index is 0.277. The van der Waals surface area contributed by atoms with Crippen LogP contribution < -0.4 is 5.32 Å². The average Bonchev–Trinajstić information content (AvgIpc) is 3.22. The molecule has 2 fully saturated rings. The van der Waals surface area contributed by atoms with Crippen LogP contribution in [0.25, 0.3) is 0 Å². The van der Waals surface area contributed by atoms with Crippen molar-refractivity contribution in [1.82, 2.24) is 5.32 Å². The molecule has 3 aliphatic rings. The number of hydrogen-bond acceptors (Lipinski definition) is 1. The first-order valence-electron chi connectivity index (χ1n) is 6.73. The maximum absolute atomic E-state index is 12.1. The molecule has 1 N–H and O–H groups in total. The van der Waals surface area contributed by atoms with Crippen molar-refractivity contribution in [3.63, 3.8) is 0 Å². The lowest BCUT2D eigenvalue weighted by Gasteiger charge is -2.13. The molecule has 1 aromatic carbocycles. The van der Waals surface area contributed by atoms with Crippen molar-refractivity contribution >= 4 is 5.91 Å². The number of carbonyl (C=O) groups excluding carboxylic acids is 1. The predicted octanol–water partition coefficient (Wildman–Crippen LogP) is 2.24. The van der Waals surface area contributed by atoms with Crippen molar-refractivity contribution in [2.45, 2.75) is 37.6 Å². The number of benzene rings is 1. The van der Waals surface area contributed by atoms with Gasteiger partial charge >= 0.3 is 0 Å². The van der Waals surface area contributed by atoms with Gasteiger partial charge in [0.25, 0.3) is 0 Å². The first-order valence-corrected chi connectivity index (χ1v) is 6.73. The minimum atomic E-state index is 0.277. The van der Waals surface area contributed by atoms with E-state index in [-0.39, 0.29) is 5.92 Å². The molecule has 2 nitrogen and oxygen atoms in total. The SMILES string of the molecule is O=C(NC1CC1)C1C2CCc3ccccc3C21. The Morgan fingerprint density at radius 1 is 1.18 bits per heavy atom. The van der Waals surface area contributed by atoms with Gasteiger partial charge in [0.1, 0.15) is 0 Å². The molecule has 2 saturated carbocycles. The standard InChI is InChI=1S/C15H17NO/c17-15(16-10-6-7-10)14-12-8-5-9-3-1-2-4-11(9)13(12)14/h1-4,10,12-14H,5-8H2,(H,16,17). The van der Waals surface area contributed by atoms with Gasteiger partial charge in [-0.1, -0.05) is 24.3 Å². The van der Waals surface area contributed by atoms with Crippen molar-refractivity contribution in [2.24, 2.45) is 11.8 Å². The molecule has 3 unspecified atom stereocenters. The van der Waals surface area contributed by atoms with Gasteiger partial charge in [-0.15, -0.1) is 0 Å². The highest BCUT2D eigenvalue weighted by molar-refractivity contribution is 5.84. The molecule has 1 amide bonds. The summed E-state index contributed by atoms with van der Waals surface area (Å²) in [6.07, 6.45) is 4.73. The van der Waals surface area contributed by atoms with Crippen LogP contribution in [-0.4, -0.2) is 11.9 Å². The second-order valence-electron chi connectivity index (χ2n) is 5.74. The molecule has 0 spiro atoms. The Kier molecular flexibility index (Phi) is 1.91. The van der Waals surface area contributed by atoms with Gasteiger partial charge in [-0.3, -0.25) is 4.79 Å². The third kappa shape index (κ3) is 1.50. The molecule has 3 atom stereocenters. The van der Waals surface area contributed by atoms with Crippen LogP contribution in [0.15, 0.2) is 24.3 Å². The molecule has 1 aromatic rings. The number of nitrogens with one attached hydrogen (secondary N) is 1. The van der Waals surface area contributed by atoms with Crippen LogP contribution in [0.5, 0.6) is 0 Å². The second kappa shape index (κ2) is 3.34. The van der Waals surface area contributed by atoms with Gasteiger partial charge in [0.15, 0.2) is 0 Å². The summed E-state index contributed by atoms with van der Waals surface area (Å²) in [5.74, 6) is 1.75. The normalized spacial score (nSPS) is 33.5. The van der Waals surface area contributed by atoms with Gasteiger partial charge in [0, 0.05) is 12.0 Å². The predicted molar refractivity (Wildman–Crippen MR) is 65.6 cm³/mol. The molecule has 0 aliphatic heterocycles. The summed E-state index contributed by atoms with van der Waals surface area (Å²) in [7, 11) is 0. The van der Waals surface area contributed by atoms with Crippen molar-refractivity contribution in [2.75, 3.05) is 0 Å². The Morgan fingerprint density at radius 2 is 2.00 bits per heavy atom. The molecule has 88 valence electrons. The summed E-state index contributed by atoms with van der Waals surface area (Å²) in [6, 6.07) is 9.16. The zero-order valence-corrected chi connectivity index (χ0v) is 9.86. The largest absolute Gasteiger partial charge is 0.353 e. The molecular formula is C15H17NO. The van der Waals surface area contributed by atoms with Gasteiger partial charge in [-0.05, 0) is 48.6 Å². The van der Waals surface area contributed by atoms with Crippen molar-refractivity contribution < 1.29 is 4.79 Å². The van der Waals surface area contributed by atoms with E-state index in [1.54, 1.807) is 0 Å². The van der Waals surface area contributed by atoms with Crippen molar-refractivity contribution in [3.8, 4) is 0 Å². The number of fused-ring (bicyclic) bond motifs is 3. The second-order valence-corrected chi connectivity index (χ2v) is 5.74. The Labute approximate surface area is 101 Å². The summed E-state index contributed by atoms with van der Waals surface area (Å²) < 4.78 is 0. The number of hydrogen-bond donors (Lipinski definition) is 1. The monoisotopic (exact) mass is 227 g/mol. The van der Waals surface area contributed by atoms with E-state index in [1.165, 1.54) is 30.4 Å². The number of aryl methyl sites for hydroxylation is 1. The molecule has 0 bridgehead atoms. The van der Waals surface area contributed by atoms with Crippen LogP contribution in [0.1, 0.15) is 36.3 Å². The van der Waals surface area contributed by atoms with Crippen LogP contribution in [0.2, 0.25) is 0 Å². The first-order chi connectivity index (χ1) is 8.34. The van der Waals surface area contributed by atoms with Gasteiger partial charge in [-0.2, -0.15) is 0 Å². The Bertz CT molecular complexity index is 478. The van der Waals surface area contributed by atoms with Gasteiger partial charge in [0.2, 0.25) is 5.91 Å². The summed E-state index contributed by atoms with van der Waals surface area (Å²) in [5, 5.41) is 3.16. The third-order valence-corrected chi connectivity index (χ3v) is 4.56. The zero-order valence-electron chi connectivity index (χ0n) is 9.86. The topological polar surface area (TPSA) is 29.1 Å². The number of rotatable bonds is 2. The summed E-state index contributed by atoms with van der Waals surface area (Å²) >= 11 is 0. The van der Waals surface area contributed by atoms with E-state index in [1.807, 2.05) is 0 Å². The lowest BCUT2D eigenvalue weighted by atomic mass is 9.92. The molecule has 0 saturated heterocycles. The van der Waals surface area contributed by atoms with Gasteiger partial charge < -0.3 is 5.32 Å². The number of carbonyl (C=O) groups is 1. The van der Waals surface area contributed by atoms with E-state index < -0.39 is 0 Å². The average molecular weight is 227 g/mol. The van der Waals surface area contributed by atoms with E-state index >= 15 is 0 Å². The highest BCUT2D eigenvalue weighted by Crippen LogP contribution is 2.59. The van der Waals surface area contributed by atoms with Gasteiger partial charge in [0.05, 0.1) is 0 Å². The zero-order chi connectivity index (χ0) is 11.4. The molecule has 0 heterocycles. The molecule has 3 aliphatic carbocycles. The van der Waals surface area contributed by atoms with Crippen molar-refractivity contribution in [1.29, 1.82) is 0 Å². The van der Waals surface area contributed by atoms with Crippen LogP contribution in [0, 0.1) is 11.8 Å². The fraction of sp³-hybridized carbons (Fsp3) is 0.533. The fourth-order valence-electron chi connectivity index (χ4n) is 3.45. The molecule has 0 radical (unpaired) electrons. The van der Waals surface area contributed by atoms with Crippen LogP contribution in [-0.2, 0) is 11.2 Å². The summed E-state index contributed by atoms with van der Waals surface area (Å²) in [4.78, 5) is 12.1. The van der Waals surface area contributed by atoms with Crippen LogP contribution in [0.3, 0.4) is 0 Å². The fourth-order valence-corrected chi connectivity index (χ4v) is 3.45. The number of amides is 1. The van der Waals surface area contributed by atoms with E-state index in [4.69, 9.17) is 0 Å². The summed E-state index contributed by atoms with van der Waals surface area (Å²) in [6.45, 7) is 0. The Morgan fingerprint density at radius 3 is 2.82 bits per heavy atom. The summed E-state index contributed by atoms with van der Waals surface area (Å²) in [5.41, 5.74) is 2.91. The molecule has 4 rings (SSSR count). The Hall–Kier alpha value is -1.31. The maximum Gasteiger partial charge on any atom is 0.224 e. The van der Waals surface area contributed by atoms with E-state index in [9.17, 15) is 4.79 Å². The first kappa shape index (κ1) is 9.69. The minimum Gasteiger partial charge on any atom is -0.353 e. The maximum atomic E-state index is 12.1. The van der Waals surface area contributed by atoms with Crippen LogP contribution in [0.4, 0.5) is 0 Å². The van der Waals surface area contributed by atoms with E-state index in [0.717, 1.165) is 6.42 Å². The lowest BCUT2D eigenvalue weighted by molar-refractivity contribution is -0.122. The molecule has 2 heteroatoms. The molecule has 0 aromatic heterocycles. The molecular weight excluding hydrogens is 210 g/mol. The lowest BCUT2D eigenvalue weighted by Crippen LogP contribution is -2.27. The van der Waals surface area contributed by atoms with E-state index in [2.05, 4.69) is 29.6 Å². The van der Waals surface area contributed by atoms with E-state index in [0.29, 0.717) is 23.8 Å². The Balaban J connectivity index is 1.57. The third-order valence-electron chi connectivity index (χ3n) is 4.56. The van der Waals surface area contributed by atoms with Gasteiger partial charge in [-0.25, -0.2) is 0 Å². The highest BCUT2D eigenvalue weighted by Gasteiger charge is 2.57.